The molecule has 0 aliphatic carbocycles. The van der Waals surface area contributed by atoms with Gasteiger partial charge in [0.05, 0.1) is 5.52 Å². The normalized spacial score (nSPS) is 16.7. The second kappa shape index (κ2) is 8.12. The molecule has 2 heteroatoms. The number of nitrogens with zero attached hydrogens (tertiary/aromatic N) is 2. The topological polar surface area (TPSA) is 8.17 Å². The first-order valence-electron chi connectivity index (χ1n) is 11.1. The molecule has 1 aromatic heterocycles. The predicted octanol–water partition coefficient (Wildman–Crippen LogP) is 6.14. The van der Waals surface area contributed by atoms with Gasteiger partial charge in [-0.25, -0.2) is 0 Å². The van der Waals surface area contributed by atoms with Crippen molar-refractivity contribution in [2.24, 2.45) is 0 Å². The van der Waals surface area contributed by atoms with Crippen LogP contribution in [0.3, 0.4) is 0 Å². The average molecular weight is 395 g/mol. The summed E-state index contributed by atoms with van der Waals surface area (Å²) in [5.74, 6) is 0. The summed E-state index contributed by atoms with van der Waals surface area (Å²) in [6.45, 7) is 7.75. The van der Waals surface area contributed by atoms with Crippen molar-refractivity contribution in [2.45, 2.75) is 52.4 Å². The van der Waals surface area contributed by atoms with Gasteiger partial charge in [-0.2, -0.15) is 0 Å². The van der Waals surface area contributed by atoms with Crippen molar-refractivity contribution in [1.29, 1.82) is 0 Å². The molecule has 0 fully saturated rings. The lowest BCUT2D eigenvalue weighted by atomic mass is 9.98. The molecule has 1 aliphatic heterocycles. The Bertz CT molecular complexity index is 1140. The number of hydrogen-bond donors (Lipinski definition) is 0. The Kier molecular flexibility index (Phi) is 5.18. The molecule has 0 N–H and O–H groups in total. The third kappa shape index (κ3) is 3.57. The van der Waals surface area contributed by atoms with E-state index in [0.717, 1.165) is 32.5 Å². The van der Waals surface area contributed by atoms with E-state index in [-0.39, 0.29) is 0 Å². The molecule has 152 valence electrons. The van der Waals surface area contributed by atoms with Crippen molar-refractivity contribution in [1.82, 2.24) is 9.47 Å². The number of benzene rings is 3. The fourth-order valence-electron chi connectivity index (χ4n) is 5.05. The number of aryl methyl sites for hydroxylation is 3. The SMILES string of the molecule is Cc1cccc2c3c(n(CCc4ccccc4)c12)CC(C)N(Cc1ccccc1)C3. The summed E-state index contributed by atoms with van der Waals surface area (Å²) < 4.78 is 2.63. The maximum Gasteiger partial charge on any atom is 0.0515 e. The van der Waals surface area contributed by atoms with Gasteiger partial charge in [-0.1, -0.05) is 78.9 Å². The first-order chi connectivity index (χ1) is 14.7. The lowest BCUT2D eigenvalue weighted by Crippen LogP contribution is -2.38. The molecular formula is C28H30N2. The van der Waals surface area contributed by atoms with Crippen LogP contribution in [-0.2, 0) is 32.5 Å². The molecule has 2 heterocycles. The van der Waals surface area contributed by atoms with Crippen LogP contribution in [0.1, 0.15) is 34.9 Å². The Morgan fingerprint density at radius 3 is 2.27 bits per heavy atom. The Balaban J connectivity index is 1.51. The van der Waals surface area contributed by atoms with E-state index in [0.29, 0.717) is 6.04 Å². The van der Waals surface area contributed by atoms with Gasteiger partial charge in [0.2, 0.25) is 0 Å². The highest BCUT2D eigenvalue weighted by Crippen LogP contribution is 2.35. The van der Waals surface area contributed by atoms with E-state index in [4.69, 9.17) is 0 Å². The van der Waals surface area contributed by atoms with Crippen LogP contribution in [0.15, 0.2) is 78.9 Å². The first kappa shape index (κ1) is 19.1. The monoisotopic (exact) mass is 394 g/mol. The largest absolute Gasteiger partial charge is 0.344 e. The summed E-state index contributed by atoms with van der Waals surface area (Å²) in [6.07, 6.45) is 2.19. The highest BCUT2D eigenvalue weighted by atomic mass is 15.2. The van der Waals surface area contributed by atoms with E-state index in [1.807, 2.05) is 0 Å². The molecule has 30 heavy (non-hydrogen) atoms. The van der Waals surface area contributed by atoms with Gasteiger partial charge in [0.25, 0.3) is 0 Å². The Labute approximate surface area is 179 Å². The highest BCUT2D eigenvalue weighted by molar-refractivity contribution is 5.88. The first-order valence-corrected chi connectivity index (χ1v) is 11.1. The van der Waals surface area contributed by atoms with E-state index in [1.165, 1.54) is 33.2 Å². The minimum absolute atomic E-state index is 0.540. The molecule has 0 amide bonds. The number of rotatable bonds is 5. The fourth-order valence-corrected chi connectivity index (χ4v) is 5.05. The van der Waals surface area contributed by atoms with Crippen molar-refractivity contribution in [3.05, 3.63) is 107 Å². The van der Waals surface area contributed by atoms with Crippen LogP contribution in [0, 0.1) is 6.92 Å². The molecule has 1 atom stereocenters. The van der Waals surface area contributed by atoms with E-state index in [1.54, 1.807) is 5.69 Å². The van der Waals surface area contributed by atoms with Crippen molar-refractivity contribution < 1.29 is 0 Å². The Hall–Kier alpha value is -2.84. The summed E-state index contributed by atoms with van der Waals surface area (Å²) in [6, 6.07) is 29.1. The van der Waals surface area contributed by atoms with Crippen LogP contribution in [-0.4, -0.2) is 15.5 Å². The second-order valence-electron chi connectivity index (χ2n) is 8.73. The summed E-state index contributed by atoms with van der Waals surface area (Å²) in [5.41, 5.74) is 8.72. The van der Waals surface area contributed by atoms with Gasteiger partial charge >= 0.3 is 0 Å². The third-order valence-corrected chi connectivity index (χ3v) is 6.68. The van der Waals surface area contributed by atoms with Crippen LogP contribution in [0.25, 0.3) is 10.9 Å². The minimum Gasteiger partial charge on any atom is -0.344 e. The van der Waals surface area contributed by atoms with E-state index in [9.17, 15) is 0 Å². The Morgan fingerprint density at radius 2 is 1.53 bits per heavy atom. The third-order valence-electron chi connectivity index (χ3n) is 6.68. The molecule has 5 rings (SSSR count). The van der Waals surface area contributed by atoms with Gasteiger partial charge in [-0.15, -0.1) is 0 Å². The maximum absolute atomic E-state index is 2.64. The van der Waals surface area contributed by atoms with Crippen molar-refractivity contribution in [3.63, 3.8) is 0 Å². The Morgan fingerprint density at radius 1 is 0.833 bits per heavy atom. The van der Waals surface area contributed by atoms with E-state index in [2.05, 4.69) is 102 Å². The van der Waals surface area contributed by atoms with Crippen LogP contribution in [0.4, 0.5) is 0 Å². The van der Waals surface area contributed by atoms with Gasteiger partial charge < -0.3 is 4.57 Å². The van der Waals surface area contributed by atoms with Crippen LogP contribution < -0.4 is 0 Å². The van der Waals surface area contributed by atoms with Gasteiger partial charge in [-0.05, 0) is 42.5 Å². The zero-order valence-electron chi connectivity index (χ0n) is 18.0. The minimum atomic E-state index is 0.540. The van der Waals surface area contributed by atoms with Crippen LogP contribution in [0.5, 0.6) is 0 Å². The number of aromatic nitrogens is 1. The van der Waals surface area contributed by atoms with Gasteiger partial charge in [-0.3, -0.25) is 4.90 Å². The predicted molar refractivity (Wildman–Crippen MR) is 126 cm³/mol. The van der Waals surface area contributed by atoms with Crippen molar-refractivity contribution in [3.8, 4) is 0 Å². The summed E-state index contributed by atoms with van der Waals surface area (Å²) in [5, 5.41) is 1.45. The molecule has 0 spiro atoms. The maximum atomic E-state index is 2.64. The highest BCUT2D eigenvalue weighted by Gasteiger charge is 2.28. The summed E-state index contributed by atoms with van der Waals surface area (Å²) in [4.78, 5) is 2.64. The number of fused-ring (bicyclic) bond motifs is 3. The molecule has 0 bridgehead atoms. The summed E-state index contributed by atoms with van der Waals surface area (Å²) >= 11 is 0. The lowest BCUT2D eigenvalue weighted by Gasteiger charge is -2.34. The van der Waals surface area contributed by atoms with Gasteiger partial charge in [0.15, 0.2) is 0 Å². The van der Waals surface area contributed by atoms with Gasteiger partial charge in [0, 0.05) is 43.2 Å². The van der Waals surface area contributed by atoms with E-state index < -0.39 is 0 Å². The lowest BCUT2D eigenvalue weighted by molar-refractivity contribution is 0.173. The summed E-state index contributed by atoms with van der Waals surface area (Å²) in [7, 11) is 0. The molecule has 2 nitrogen and oxygen atoms in total. The smallest absolute Gasteiger partial charge is 0.0515 e. The number of para-hydroxylation sites is 1. The molecule has 3 aromatic carbocycles. The van der Waals surface area contributed by atoms with Crippen molar-refractivity contribution in [2.75, 3.05) is 0 Å². The average Bonchev–Trinajstić information content (AvgIpc) is 3.08. The molecule has 1 aliphatic rings. The second-order valence-corrected chi connectivity index (χ2v) is 8.73. The standard InChI is InChI=1S/C28H30N2/c1-21-10-9-15-25-26-20-29(19-24-13-7-4-8-14-24)22(2)18-27(26)30(28(21)25)17-16-23-11-5-3-6-12-23/h3-15,22H,16-20H2,1-2H3. The molecule has 0 saturated heterocycles. The molecule has 0 radical (unpaired) electrons. The van der Waals surface area contributed by atoms with Crippen LogP contribution >= 0.6 is 0 Å². The zero-order valence-corrected chi connectivity index (χ0v) is 18.0. The quantitative estimate of drug-likeness (QED) is 0.395. The molecule has 1 unspecified atom stereocenters. The van der Waals surface area contributed by atoms with Crippen LogP contribution in [0.2, 0.25) is 0 Å². The molecule has 4 aromatic rings. The van der Waals surface area contributed by atoms with E-state index >= 15 is 0 Å². The fraction of sp³-hybridized carbons (Fsp3) is 0.286. The molecule has 0 saturated carbocycles. The molecular weight excluding hydrogens is 364 g/mol. The van der Waals surface area contributed by atoms with Gasteiger partial charge in [0.1, 0.15) is 0 Å². The zero-order chi connectivity index (χ0) is 20.5. The number of hydrogen-bond acceptors (Lipinski definition) is 1. The van der Waals surface area contributed by atoms with Crippen molar-refractivity contribution >= 4 is 10.9 Å².